The fourth-order valence-electron chi connectivity index (χ4n) is 1.41. The molecular weight excluding hydrogens is 200 g/mol. The quantitative estimate of drug-likeness (QED) is 0.385. The third-order valence-corrected chi connectivity index (χ3v) is 2.10. The minimum Gasteiger partial charge on any atom is -0.508 e. The number of aromatic hydroxyl groups is 2. The van der Waals surface area contributed by atoms with Crippen LogP contribution in [0.1, 0.15) is 11.6 Å². The van der Waals surface area contributed by atoms with Crippen LogP contribution in [0.15, 0.2) is 18.2 Å². The Kier molecular flexibility index (Phi) is 1.96. The second-order valence-electron chi connectivity index (χ2n) is 3.14. The van der Waals surface area contributed by atoms with Gasteiger partial charge in [-0.2, -0.15) is 0 Å². The summed E-state index contributed by atoms with van der Waals surface area (Å²) in [5.74, 6) is -0.798. The SMILES string of the molecule is O=C1NC(=O)C(c2cc(O)ccc2O)N1. The van der Waals surface area contributed by atoms with E-state index in [2.05, 4.69) is 5.32 Å². The summed E-state index contributed by atoms with van der Waals surface area (Å²) in [4.78, 5) is 22.1. The number of amides is 3. The van der Waals surface area contributed by atoms with Crippen LogP contribution in [0, 0.1) is 0 Å². The molecule has 0 aliphatic carbocycles. The molecule has 1 aromatic rings. The molecule has 3 amide bonds. The molecule has 0 spiro atoms. The van der Waals surface area contributed by atoms with E-state index in [1.54, 1.807) is 0 Å². The van der Waals surface area contributed by atoms with Gasteiger partial charge in [-0.05, 0) is 18.2 Å². The Morgan fingerprint density at radius 3 is 2.53 bits per heavy atom. The predicted octanol–water partition coefficient (Wildman–Crippen LogP) is -0.0217. The number of imide groups is 1. The first-order valence-corrected chi connectivity index (χ1v) is 4.21. The number of rotatable bonds is 1. The van der Waals surface area contributed by atoms with Crippen molar-refractivity contribution >= 4 is 11.9 Å². The maximum Gasteiger partial charge on any atom is 0.322 e. The number of phenolic OH excluding ortho intramolecular Hbond substituents is 2. The number of carbonyl (C=O) groups is 2. The Labute approximate surface area is 84.5 Å². The Balaban J connectivity index is 2.41. The topological polar surface area (TPSA) is 98.7 Å². The highest BCUT2D eigenvalue weighted by Crippen LogP contribution is 2.29. The van der Waals surface area contributed by atoms with Gasteiger partial charge in [-0.15, -0.1) is 0 Å². The van der Waals surface area contributed by atoms with E-state index in [1.807, 2.05) is 5.32 Å². The zero-order chi connectivity index (χ0) is 11.0. The molecule has 78 valence electrons. The highest BCUT2D eigenvalue weighted by atomic mass is 16.3. The maximum absolute atomic E-state index is 11.3. The fraction of sp³-hybridized carbons (Fsp3) is 0.111. The lowest BCUT2D eigenvalue weighted by atomic mass is 10.1. The van der Waals surface area contributed by atoms with Crippen molar-refractivity contribution in [1.82, 2.24) is 10.6 Å². The van der Waals surface area contributed by atoms with Gasteiger partial charge in [0, 0.05) is 5.56 Å². The largest absolute Gasteiger partial charge is 0.508 e. The second-order valence-corrected chi connectivity index (χ2v) is 3.14. The Morgan fingerprint density at radius 1 is 1.20 bits per heavy atom. The van der Waals surface area contributed by atoms with Gasteiger partial charge < -0.3 is 15.5 Å². The molecular formula is C9H8N2O4. The van der Waals surface area contributed by atoms with Crippen LogP contribution in [0.25, 0.3) is 0 Å². The lowest BCUT2D eigenvalue weighted by Gasteiger charge is -2.09. The fourth-order valence-corrected chi connectivity index (χ4v) is 1.41. The summed E-state index contributed by atoms with van der Waals surface area (Å²) < 4.78 is 0. The number of nitrogens with one attached hydrogen (secondary N) is 2. The highest BCUT2D eigenvalue weighted by Gasteiger charge is 2.32. The molecule has 6 heteroatoms. The Bertz CT molecular complexity index is 444. The molecule has 2 rings (SSSR count). The zero-order valence-corrected chi connectivity index (χ0v) is 7.52. The predicted molar refractivity (Wildman–Crippen MR) is 49.2 cm³/mol. The van der Waals surface area contributed by atoms with Crippen molar-refractivity contribution in [2.24, 2.45) is 0 Å². The molecule has 1 fully saturated rings. The number of urea groups is 1. The molecule has 1 unspecified atom stereocenters. The first kappa shape index (κ1) is 9.32. The molecule has 0 aromatic heterocycles. The van der Waals surface area contributed by atoms with Gasteiger partial charge in [0.15, 0.2) is 0 Å². The van der Waals surface area contributed by atoms with E-state index in [-0.39, 0.29) is 17.1 Å². The number of hydrogen-bond donors (Lipinski definition) is 4. The van der Waals surface area contributed by atoms with Crippen LogP contribution >= 0.6 is 0 Å². The van der Waals surface area contributed by atoms with Gasteiger partial charge in [0.05, 0.1) is 0 Å². The smallest absolute Gasteiger partial charge is 0.322 e. The third-order valence-electron chi connectivity index (χ3n) is 2.10. The number of phenols is 2. The molecule has 1 aromatic carbocycles. The maximum atomic E-state index is 11.3. The minimum atomic E-state index is -0.954. The second kappa shape index (κ2) is 3.16. The highest BCUT2D eigenvalue weighted by molar-refractivity contribution is 6.04. The van der Waals surface area contributed by atoms with Crippen molar-refractivity contribution in [3.63, 3.8) is 0 Å². The van der Waals surface area contributed by atoms with Gasteiger partial charge in [0.1, 0.15) is 17.5 Å². The average molecular weight is 208 g/mol. The minimum absolute atomic E-state index is 0.0863. The van der Waals surface area contributed by atoms with Gasteiger partial charge >= 0.3 is 6.03 Å². The molecule has 15 heavy (non-hydrogen) atoms. The van der Waals surface area contributed by atoms with E-state index in [1.165, 1.54) is 18.2 Å². The summed E-state index contributed by atoms with van der Waals surface area (Å²) in [6, 6.07) is 2.19. The standard InChI is InChI=1S/C9H8N2O4/c12-4-1-2-6(13)5(3-4)7-8(14)11-9(15)10-7/h1-3,7,12-13H,(H2,10,11,14,15). The third kappa shape index (κ3) is 1.56. The van der Waals surface area contributed by atoms with Crippen LogP contribution in [0.5, 0.6) is 11.5 Å². The summed E-state index contributed by atoms with van der Waals surface area (Å²) >= 11 is 0. The van der Waals surface area contributed by atoms with E-state index >= 15 is 0 Å². The van der Waals surface area contributed by atoms with Crippen molar-refractivity contribution in [1.29, 1.82) is 0 Å². The van der Waals surface area contributed by atoms with E-state index in [4.69, 9.17) is 0 Å². The molecule has 1 heterocycles. The number of hydrogen-bond acceptors (Lipinski definition) is 4. The van der Waals surface area contributed by atoms with Gasteiger partial charge in [0.25, 0.3) is 5.91 Å². The van der Waals surface area contributed by atoms with Crippen LogP contribution in [-0.2, 0) is 4.79 Å². The van der Waals surface area contributed by atoms with Crippen LogP contribution in [-0.4, -0.2) is 22.2 Å². The van der Waals surface area contributed by atoms with E-state index in [0.29, 0.717) is 0 Å². The molecule has 1 aliphatic rings. The lowest BCUT2D eigenvalue weighted by Crippen LogP contribution is -2.22. The van der Waals surface area contributed by atoms with E-state index < -0.39 is 18.0 Å². The van der Waals surface area contributed by atoms with Gasteiger partial charge in [-0.25, -0.2) is 4.79 Å². The van der Waals surface area contributed by atoms with Gasteiger partial charge in [-0.3, -0.25) is 10.1 Å². The molecule has 1 atom stereocenters. The van der Waals surface area contributed by atoms with Crippen LogP contribution in [0.3, 0.4) is 0 Å². The summed E-state index contributed by atoms with van der Waals surface area (Å²) in [6.45, 7) is 0. The molecule has 1 aliphatic heterocycles. The van der Waals surface area contributed by atoms with Crippen molar-refractivity contribution in [3.8, 4) is 11.5 Å². The Morgan fingerprint density at radius 2 is 1.93 bits per heavy atom. The molecule has 0 bridgehead atoms. The first-order chi connectivity index (χ1) is 7.08. The molecule has 0 radical (unpaired) electrons. The number of carbonyl (C=O) groups excluding carboxylic acids is 2. The monoisotopic (exact) mass is 208 g/mol. The number of benzene rings is 1. The van der Waals surface area contributed by atoms with Gasteiger partial charge in [0.2, 0.25) is 0 Å². The van der Waals surface area contributed by atoms with Gasteiger partial charge in [-0.1, -0.05) is 0 Å². The van der Waals surface area contributed by atoms with Crippen molar-refractivity contribution in [2.45, 2.75) is 6.04 Å². The van der Waals surface area contributed by atoms with Crippen molar-refractivity contribution in [3.05, 3.63) is 23.8 Å². The summed E-state index contributed by atoms with van der Waals surface area (Å²) in [5.41, 5.74) is 0.165. The van der Waals surface area contributed by atoms with Crippen LogP contribution in [0.4, 0.5) is 4.79 Å². The molecule has 6 nitrogen and oxygen atoms in total. The molecule has 4 N–H and O–H groups in total. The average Bonchev–Trinajstić information content (AvgIpc) is 2.50. The normalized spacial score (nSPS) is 19.9. The van der Waals surface area contributed by atoms with Crippen molar-refractivity contribution in [2.75, 3.05) is 0 Å². The summed E-state index contributed by atoms with van der Waals surface area (Å²) in [7, 11) is 0. The van der Waals surface area contributed by atoms with Crippen molar-refractivity contribution < 1.29 is 19.8 Å². The van der Waals surface area contributed by atoms with Crippen LogP contribution in [0.2, 0.25) is 0 Å². The lowest BCUT2D eigenvalue weighted by molar-refractivity contribution is -0.120. The summed E-state index contributed by atoms with van der Waals surface area (Å²) in [5, 5.41) is 23.0. The molecule has 1 saturated heterocycles. The molecule has 0 saturated carbocycles. The Hall–Kier alpha value is -2.24. The van der Waals surface area contributed by atoms with E-state index in [9.17, 15) is 19.8 Å². The zero-order valence-electron chi connectivity index (χ0n) is 7.52. The van der Waals surface area contributed by atoms with Crippen LogP contribution < -0.4 is 10.6 Å². The first-order valence-electron chi connectivity index (χ1n) is 4.21. The summed E-state index contributed by atoms with van der Waals surface area (Å²) in [6.07, 6.45) is 0. The van der Waals surface area contributed by atoms with E-state index in [0.717, 1.165) is 0 Å².